The third-order valence-corrected chi connectivity index (χ3v) is 4.66. The van der Waals surface area contributed by atoms with E-state index >= 15 is 0 Å². The zero-order chi connectivity index (χ0) is 16.3. The summed E-state index contributed by atoms with van der Waals surface area (Å²) < 4.78 is 19.1. The molecule has 1 aromatic rings. The number of ether oxygens (including phenoxy) is 1. The summed E-state index contributed by atoms with van der Waals surface area (Å²) in [5.74, 6) is 0.266. The minimum Gasteiger partial charge on any atom is -0.491 e. The van der Waals surface area contributed by atoms with Crippen molar-refractivity contribution in [2.45, 2.75) is 57.0 Å². The third kappa shape index (κ3) is 4.67. The zero-order valence-electron chi connectivity index (χ0n) is 13.3. The van der Waals surface area contributed by atoms with Crippen LogP contribution in [0.5, 0.6) is 5.75 Å². The van der Waals surface area contributed by atoms with Crippen LogP contribution in [0.4, 0.5) is 10.1 Å². The first-order valence-electron chi connectivity index (χ1n) is 8.49. The number of aliphatic hydroxyl groups is 1. The average Bonchev–Trinajstić information content (AvgIpc) is 3.32. The molecular weight excluding hydrogens is 297 g/mol. The van der Waals surface area contributed by atoms with Crippen LogP contribution in [-0.4, -0.2) is 23.2 Å². The van der Waals surface area contributed by atoms with Crippen LogP contribution in [-0.2, 0) is 4.79 Å². The minimum atomic E-state index is -0.905. The molecule has 2 saturated carbocycles. The summed E-state index contributed by atoms with van der Waals surface area (Å²) in [6.07, 6.45) is 6.71. The molecule has 0 unspecified atom stereocenters. The van der Waals surface area contributed by atoms with E-state index in [1.807, 2.05) is 0 Å². The van der Waals surface area contributed by atoms with E-state index in [-0.39, 0.29) is 18.1 Å². The number of anilines is 1. The Kier molecular flexibility index (Phi) is 4.85. The van der Waals surface area contributed by atoms with E-state index in [9.17, 15) is 14.3 Å². The second-order valence-electron chi connectivity index (χ2n) is 6.90. The van der Waals surface area contributed by atoms with Crippen molar-refractivity contribution in [2.24, 2.45) is 5.92 Å². The van der Waals surface area contributed by atoms with E-state index in [1.165, 1.54) is 18.2 Å². The highest BCUT2D eigenvalue weighted by Crippen LogP contribution is 2.34. The van der Waals surface area contributed by atoms with Crippen molar-refractivity contribution in [3.63, 3.8) is 0 Å². The number of benzene rings is 1. The van der Waals surface area contributed by atoms with Crippen LogP contribution in [0.1, 0.15) is 51.4 Å². The lowest BCUT2D eigenvalue weighted by Crippen LogP contribution is -2.35. The van der Waals surface area contributed by atoms with Gasteiger partial charge >= 0.3 is 0 Å². The van der Waals surface area contributed by atoms with Crippen LogP contribution in [0.2, 0.25) is 0 Å². The standard InChI is InChI=1S/C18H24FNO3/c19-14-6-7-15(16(10-14)23-12-13-4-5-13)20-17(21)11-18(22)8-2-1-3-9-18/h6-7,10,13,22H,1-5,8-9,11-12H2,(H,20,21). The van der Waals surface area contributed by atoms with Gasteiger partial charge < -0.3 is 15.2 Å². The number of amides is 1. The highest BCUT2D eigenvalue weighted by molar-refractivity contribution is 5.92. The fraction of sp³-hybridized carbons (Fsp3) is 0.611. The molecule has 2 aliphatic rings. The van der Waals surface area contributed by atoms with E-state index in [2.05, 4.69) is 5.32 Å². The highest BCUT2D eigenvalue weighted by atomic mass is 19.1. The number of nitrogens with one attached hydrogen (secondary N) is 1. The molecule has 0 aromatic heterocycles. The summed E-state index contributed by atoms with van der Waals surface area (Å²) in [5, 5.41) is 13.2. The van der Waals surface area contributed by atoms with Gasteiger partial charge in [0.05, 0.1) is 24.3 Å². The maximum atomic E-state index is 13.4. The van der Waals surface area contributed by atoms with Gasteiger partial charge in [-0.1, -0.05) is 19.3 Å². The van der Waals surface area contributed by atoms with Crippen LogP contribution in [0.25, 0.3) is 0 Å². The number of halogens is 1. The Labute approximate surface area is 136 Å². The maximum Gasteiger partial charge on any atom is 0.227 e. The van der Waals surface area contributed by atoms with E-state index in [4.69, 9.17) is 4.74 Å². The second-order valence-corrected chi connectivity index (χ2v) is 6.90. The van der Waals surface area contributed by atoms with Crippen molar-refractivity contribution in [2.75, 3.05) is 11.9 Å². The molecule has 5 heteroatoms. The monoisotopic (exact) mass is 321 g/mol. The van der Waals surface area contributed by atoms with E-state index in [0.29, 0.717) is 36.8 Å². The first kappa shape index (κ1) is 16.2. The topological polar surface area (TPSA) is 58.6 Å². The lowest BCUT2D eigenvalue weighted by atomic mass is 9.82. The molecule has 2 N–H and O–H groups in total. The van der Waals surface area contributed by atoms with Crippen LogP contribution >= 0.6 is 0 Å². The third-order valence-electron chi connectivity index (χ3n) is 4.66. The summed E-state index contributed by atoms with van der Waals surface area (Å²) >= 11 is 0. The largest absolute Gasteiger partial charge is 0.491 e. The molecule has 0 spiro atoms. The Balaban J connectivity index is 1.62. The van der Waals surface area contributed by atoms with Gasteiger partial charge in [-0.05, 0) is 43.7 Å². The molecule has 0 atom stereocenters. The first-order chi connectivity index (χ1) is 11.0. The van der Waals surface area contributed by atoms with Gasteiger partial charge in [0.25, 0.3) is 0 Å². The summed E-state index contributed by atoms with van der Waals surface area (Å²) in [4.78, 5) is 12.3. The average molecular weight is 321 g/mol. The molecule has 126 valence electrons. The van der Waals surface area contributed by atoms with Crippen molar-refractivity contribution >= 4 is 11.6 Å². The van der Waals surface area contributed by atoms with Crippen LogP contribution in [0.3, 0.4) is 0 Å². The van der Waals surface area contributed by atoms with Crippen molar-refractivity contribution < 1.29 is 19.0 Å². The van der Waals surface area contributed by atoms with Gasteiger partial charge in [0, 0.05) is 6.07 Å². The van der Waals surface area contributed by atoms with Crippen LogP contribution < -0.4 is 10.1 Å². The van der Waals surface area contributed by atoms with Crippen molar-refractivity contribution in [3.8, 4) is 5.75 Å². The molecule has 0 aliphatic heterocycles. The Morgan fingerprint density at radius 2 is 2.04 bits per heavy atom. The lowest BCUT2D eigenvalue weighted by molar-refractivity contribution is -0.122. The summed E-state index contributed by atoms with van der Waals surface area (Å²) in [6.45, 7) is 0.552. The molecule has 0 saturated heterocycles. The zero-order valence-corrected chi connectivity index (χ0v) is 13.3. The quantitative estimate of drug-likeness (QED) is 0.841. The summed E-state index contributed by atoms with van der Waals surface area (Å²) in [5.41, 5.74) is -0.436. The number of rotatable bonds is 6. The Morgan fingerprint density at radius 1 is 1.30 bits per heavy atom. The summed E-state index contributed by atoms with van der Waals surface area (Å²) in [6, 6.07) is 4.11. The Hall–Kier alpha value is -1.62. The van der Waals surface area contributed by atoms with Gasteiger partial charge in [-0.2, -0.15) is 0 Å². The number of hydrogen-bond donors (Lipinski definition) is 2. The molecule has 0 heterocycles. The van der Waals surface area contributed by atoms with Crippen LogP contribution in [0, 0.1) is 11.7 Å². The molecule has 3 rings (SSSR count). The molecule has 0 radical (unpaired) electrons. The SMILES string of the molecule is O=C(CC1(O)CCCCC1)Nc1ccc(F)cc1OCC1CC1. The van der Waals surface area contributed by atoms with Crippen molar-refractivity contribution in [1.82, 2.24) is 0 Å². The highest BCUT2D eigenvalue weighted by Gasteiger charge is 2.32. The number of hydrogen-bond acceptors (Lipinski definition) is 3. The molecular formula is C18H24FNO3. The van der Waals surface area contributed by atoms with Crippen molar-refractivity contribution in [3.05, 3.63) is 24.0 Å². The molecule has 23 heavy (non-hydrogen) atoms. The molecule has 1 aromatic carbocycles. The van der Waals surface area contributed by atoms with E-state index in [1.54, 1.807) is 0 Å². The lowest BCUT2D eigenvalue weighted by Gasteiger charge is -2.31. The van der Waals surface area contributed by atoms with Gasteiger partial charge in [0.2, 0.25) is 5.91 Å². The molecule has 0 bridgehead atoms. The number of carbonyl (C=O) groups excluding carboxylic acids is 1. The Bertz CT molecular complexity index is 565. The smallest absolute Gasteiger partial charge is 0.227 e. The first-order valence-corrected chi connectivity index (χ1v) is 8.49. The van der Waals surface area contributed by atoms with Gasteiger partial charge in [0.1, 0.15) is 11.6 Å². The fourth-order valence-electron chi connectivity index (χ4n) is 3.09. The molecule has 2 fully saturated rings. The predicted octanol–water partition coefficient (Wildman–Crippen LogP) is 3.64. The maximum absolute atomic E-state index is 13.4. The predicted molar refractivity (Wildman–Crippen MR) is 85.9 cm³/mol. The van der Waals surface area contributed by atoms with Crippen molar-refractivity contribution in [1.29, 1.82) is 0 Å². The van der Waals surface area contributed by atoms with E-state index in [0.717, 1.165) is 32.1 Å². The summed E-state index contributed by atoms with van der Waals surface area (Å²) in [7, 11) is 0. The fourth-order valence-corrected chi connectivity index (χ4v) is 3.09. The number of carbonyl (C=O) groups is 1. The van der Waals surface area contributed by atoms with Gasteiger partial charge in [-0.15, -0.1) is 0 Å². The van der Waals surface area contributed by atoms with E-state index < -0.39 is 5.60 Å². The van der Waals surface area contributed by atoms with Gasteiger partial charge in [0.15, 0.2) is 0 Å². The normalized spacial score (nSPS) is 20.1. The molecule has 1 amide bonds. The second kappa shape index (κ2) is 6.87. The van der Waals surface area contributed by atoms with Gasteiger partial charge in [-0.3, -0.25) is 4.79 Å². The Morgan fingerprint density at radius 3 is 2.74 bits per heavy atom. The van der Waals surface area contributed by atoms with Gasteiger partial charge in [-0.25, -0.2) is 4.39 Å². The molecule has 2 aliphatic carbocycles. The molecule has 4 nitrogen and oxygen atoms in total. The minimum absolute atomic E-state index is 0.0758. The van der Waals surface area contributed by atoms with Crippen LogP contribution in [0.15, 0.2) is 18.2 Å².